The second-order valence-electron chi connectivity index (χ2n) is 9.32. The molecule has 1 fully saturated rings. The van der Waals surface area contributed by atoms with Crippen molar-refractivity contribution in [3.05, 3.63) is 71.3 Å². The maximum Gasteiger partial charge on any atom is 0.247 e. The van der Waals surface area contributed by atoms with Gasteiger partial charge in [-0.05, 0) is 42.2 Å². The van der Waals surface area contributed by atoms with Gasteiger partial charge in [0.1, 0.15) is 0 Å². The smallest absolute Gasteiger partial charge is 0.247 e. The molecule has 0 aromatic heterocycles. The average molecular weight is 476 g/mol. The first-order valence-electron chi connectivity index (χ1n) is 12.3. The Morgan fingerprint density at radius 2 is 1.63 bits per heavy atom. The van der Waals surface area contributed by atoms with Crippen molar-refractivity contribution in [2.45, 2.75) is 25.9 Å². The van der Waals surface area contributed by atoms with Crippen LogP contribution in [0, 0.1) is 11.8 Å². The van der Waals surface area contributed by atoms with Crippen LogP contribution < -0.4 is 9.47 Å². The molecule has 184 valence electrons. The number of nitrogens with zero attached hydrogens (tertiary/aromatic N) is 3. The highest BCUT2D eigenvalue weighted by Crippen LogP contribution is 2.37. The lowest BCUT2D eigenvalue weighted by atomic mass is 9.76. The van der Waals surface area contributed by atoms with Crippen molar-refractivity contribution >= 4 is 11.6 Å². The van der Waals surface area contributed by atoms with Gasteiger partial charge in [-0.25, -0.2) is 5.01 Å². The van der Waals surface area contributed by atoms with Crippen molar-refractivity contribution in [3.63, 3.8) is 0 Å². The zero-order valence-corrected chi connectivity index (χ0v) is 20.5. The van der Waals surface area contributed by atoms with Crippen LogP contribution in [0.3, 0.4) is 0 Å². The Hall–Kier alpha value is -3.16. The van der Waals surface area contributed by atoms with Crippen molar-refractivity contribution in [2.24, 2.45) is 16.9 Å². The summed E-state index contributed by atoms with van der Waals surface area (Å²) >= 11 is 0. The molecule has 0 saturated carbocycles. The van der Waals surface area contributed by atoms with Gasteiger partial charge in [-0.2, -0.15) is 5.10 Å². The number of fused-ring (bicyclic) bond motifs is 1. The molecule has 0 radical (unpaired) electrons. The lowest BCUT2D eigenvalue weighted by molar-refractivity contribution is -0.138. The Balaban J connectivity index is 1.42. The zero-order valence-electron chi connectivity index (χ0n) is 20.5. The maximum atomic E-state index is 13.5. The van der Waals surface area contributed by atoms with Crippen molar-refractivity contribution < 1.29 is 19.0 Å². The number of methoxy groups -OCH3 is 2. The van der Waals surface area contributed by atoms with Crippen LogP contribution in [0.25, 0.3) is 0 Å². The fourth-order valence-electron chi connectivity index (χ4n) is 5.23. The molecule has 2 heterocycles. The summed E-state index contributed by atoms with van der Waals surface area (Å²) in [6, 6.07) is 14.4. The molecule has 2 aliphatic heterocycles. The van der Waals surface area contributed by atoms with Crippen molar-refractivity contribution in [1.82, 2.24) is 9.91 Å². The number of rotatable bonds is 7. The van der Waals surface area contributed by atoms with E-state index in [1.165, 1.54) is 5.56 Å². The monoisotopic (exact) mass is 475 g/mol. The molecule has 1 saturated heterocycles. The molecule has 0 bridgehead atoms. The second-order valence-corrected chi connectivity index (χ2v) is 9.32. The van der Waals surface area contributed by atoms with Crippen LogP contribution in [0.4, 0.5) is 0 Å². The Labute approximate surface area is 207 Å². The van der Waals surface area contributed by atoms with Crippen LogP contribution in [0.2, 0.25) is 0 Å². The molecule has 3 aliphatic rings. The summed E-state index contributed by atoms with van der Waals surface area (Å²) < 4.78 is 16.4. The highest BCUT2D eigenvalue weighted by Gasteiger charge is 2.40. The number of amides is 1. The summed E-state index contributed by atoms with van der Waals surface area (Å²) in [5, 5.41) is 6.60. The van der Waals surface area contributed by atoms with Crippen molar-refractivity contribution in [1.29, 1.82) is 0 Å². The molecule has 1 aliphatic carbocycles. The number of carbonyl (C=O) groups excluding carboxylic acids is 1. The Morgan fingerprint density at radius 3 is 2.37 bits per heavy atom. The van der Waals surface area contributed by atoms with Gasteiger partial charge in [-0.1, -0.05) is 36.4 Å². The minimum absolute atomic E-state index is 0.0644. The van der Waals surface area contributed by atoms with Gasteiger partial charge in [0.05, 0.1) is 45.6 Å². The largest absolute Gasteiger partial charge is 0.493 e. The number of hydrogen-bond donors (Lipinski definition) is 0. The van der Waals surface area contributed by atoms with Gasteiger partial charge in [0.15, 0.2) is 11.5 Å². The minimum Gasteiger partial charge on any atom is -0.493 e. The molecular weight excluding hydrogens is 442 g/mol. The van der Waals surface area contributed by atoms with Crippen LogP contribution in [0.1, 0.15) is 29.5 Å². The van der Waals surface area contributed by atoms with Crippen LogP contribution >= 0.6 is 0 Å². The fraction of sp³-hybridized carbons (Fsp3) is 0.429. The summed E-state index contributed by atoms with van der Waals surface area (Å²) in [4.78, 5) is 15.9. The van der Waals surface area contributed by atoms with E-state index >= 15 is 0 Å². The van der Waals surface area contributed by atoms with E-state index in [4.69, 9.17) is 19.3 Å². The molecule has 7 nitrogen and oxygen atoms in total. The fourth-order valence-corrected chi connectivity index (χ4v) is 5.23. The van der Waals surface area contributed by atoms with E-state index in [0.29, 0.717) is 18.0 Å². The van der Waals surface area contributed by atoms with Gasteiger partial charge < -0.3 is 14.2 Å². The molecule has 2 aromatic carbocycles. The van der Waals surface area contributed by atoms with E-state index in [0.717, 1.165) is 62.5 Å². The van der Waals surface area contributed by atoms with Crippen molar-refractivity contribution in [2.75, 3.05) is 40.5 Å². The van der Waals surface area contributed by atoms with Crippen LogP contribution in [-0.4, -0.2) is 62.1 Å². The van der Waals surface area contributed by atoms with E-state index in [2.05, 4.69) is 41.3 Å². The van der Waals surface area contributed by atoms with Crippen LogP contribution in [0.15, 0.2) is 59.7 Å². The molecule has 1 amide bonds. The van der Waals surface area contributed by atoms with E-state index in [9.17, 15) is 4.79 Å². The predicted octanol–water partition coefficient (Wildman–Crippen LogP) is 3.86. The van der Waals surface area contributed by atoms with Gasteiger partial charge >= 0.3 is 0 Å². The first kappa shape index (κ1) is 23.6. The molecule has 0 spiro atoms. The summed E-state index contributed by atoms with van der Waals surface area (Å²) in [5.41, 5.74) is 4.23. The number of allylic oxidation sites excluding steroid dienone is 2. The number of benzene rings is 2. The van der Waals surface area contributed by atoms with E-state index in [1.54, 1.807) is 19.2 Å². The third-order valence-electron chi connectivity index (χ3n) is 7.10. The molecule has 5 rings (SSSR count). The number of ether oxygens (including phenoxy) is 3. The molecule has 7 heteroatoms. The third kappa shape index (κ3) is 5.11. The van der Waals surface area contributed by atoms with Gasteiger partial charge in [0.2, 0.25) is 5.91 Å². The molecule has 0 unspecified atom stereocenters. The SMILES string of the molecule is COc1ccc(C2=NN(Cc3cccc(CN4CCOCC4)c3)C(=O)[C@H]3CC=CC[C@@H]23)cc1OC. The highest BCUT2D eigenvalue weighted by atomic mass is 16.5. The molecule has 2 atom stereocenters. The topological polar surface area (TPSA) is 63.6 Å². The summed E-state index contributed by atoms with van der Waals surface area (Å²) in [6.45, 7) is 4.81. The number of morpholine rings is 1. The standard InChI is InChI=1S/C28H33N3O4/c1-33-25-11-10-22(17-26(25)34-2)27-23-8-3-4-9-24(23)28(32)31(29-27)19-21-7-5-6-20(16-21)18-30-12-14-35-15-13-30/h3-7,10-11,16-17,23-24H,8-9,12-15,18-19H2,1-2H3/t23-,24+/m1/s1. The normalized spacial score (nSPS) is 22.5. The van der Waals surface area contributed by atoms with E-state index < -0.39 is 0 Å². The minimum atomic E-state index is -0.0999. The lowest BCUT2D eigenvalue weighted by Gasteiger charge is -2.37. The Morgan fingerprint density at radius 1 is 0.914 bits per heavy atom. The van der Waals surface area contributed by atoms with Crippen LogP contribution in [-0.2, 0) is 22.6 Å². The quantitative estimate of drug-likeness (QED) is 0.569. The molecule has 0 N–H and O–H groups in total. The summed E-state index contributed by atoms with van der Waals surface area (Å²) in [7, 11) is 3.27. The summed E-state index contributed by atoms with van der Waals surface area (Å²) in [5.74, 6) is 1.40. The van der Waals surface area contributed by atoms with Crippen LogP contribution in [0.5, 0.6) is 11.5 Å². The number of carbonyl (C=O) groups is 1. The first-order chi connectivity index (χ1) is 17.2. The predicted molar refractivity (Wildman–Crippen MR) is 135 cm³/mol. The number of hydrazone groups is 1. The van der Waals surface area contributed by atoms with Gasteiger partial charge in [0, 0.05) is 31.1 Å². The highest BCUT2D eigenvalue weighted by molar-refractivity contribution is 6.07. The first-order valence-corrected chi connectivity index (χ1v) is 12.3. The summed E-state index contributed by atoms with van der Waals surface area (Å²) in [6.07, 6.45) is 5.84. The van der Waals surface area contributed by atoms with Gasteiger partial charge in [0.25, 0.3) is 0 Å². The molecular formula is C28H33N3O4. The lowest BCUT2D eigenvalue weighted by Crippen LogP contribution is -2.45. The van der Waals surface area contributed by atoms with E-state index in [1.807, 2.05) is 18.2 Å². The molecule has 2 aromatic rings. The third-order valence-corrected chi connectivity index (χ3v) is 7.10. The molecule has 35 heavy (non-hydrogen) atoms. The van der Waals surface area contributed by atoms with Crippen molar-refractivity contribution in [3.8, 4) is 11.5 Å². The Kier molecular flexibility index (Phi) is 7.16. The number of hydrogen-bond acceptors (Lipinski definition) is 6. The van der Waals surface area contributed by atoms with Gasteiger partial charge in [-0.15, -0.1) is 0 Å². The zero-order chi connectivity index (χ0) is 24.2. The second kappa shape index (κ2) is 10.6. The van der Waals surface area contributed by atoms with Gasteiger partial charge in [-0.3, -0.25) is 9.69 Å². The average Bonchev–Trinajstić information content (AvgIpc) is 2.91. The Bertz CT molecular complexity index is 1120. The van der Waals surface area contributed by atoms with E-state index in [-0.39, 0.29) is 17.7 Å². The maximum absolute atomic E-state index is 13.5.